The van der Waals surface area contributed by atoms with Gasteiger partial charge in [-0.25, -0.2) is 4.98 Å². The number of rotatable bonds is 4. The standard InChI is InChI=1S/C19H23N3O4/c1-22(2)12-4-6-13-17(7-12)26-19(21-13)14-5-3-11(9-20-14)16-8-15(24)18(10-23)25-16/h3-6,9,12,15-16,18,23-24H,7-8,10H2,1-2H3/t12?,15?,16-,18-/m1/s1. The summed E-state index contributed by atoms with van der Waals surface area (Å²) in [5.41, 5.74) is 2.39. The van der Waals surface area contributed by atoms with E-state index in [9.17, 15) is 10.2 Å². The molecule has 0 spiro atoms. The van der Waals surface area contributed by atoms with E-state index in [1.807, 2.05) is 32.3 Å². The summed E-state index contributed by atoms with van der Waals surface area (Å²) in [5.74, 6) is 1.38. The van der Waals surface area contributed by atoms with Crippen LogP contribution >= 0.6 is 0 Å². The molecule has 0 bridgehead atoms. The van der Waals surface area contributed by atoms with Crippen molar-refractivity contribution in [1.82, 2.24) is 14.9 Å². The molecule has 26 heavy (non-hydrogen) atoms. The van der Waals surface area contributed by atoms with Crippen molar-refractivity contribution >= 4 is 6.08 Å². The summed E-state index contributed by atoms with van der Waals surface area (Å²) in [6.45, 7) is -0.188. The van der Waals surface area contributed by atoms with E-state index in [1.165, 1.54) is 0 Å². The van der Waals surface area contributed by atoms with Gasteiger partial charge < -0.3 is 24.3 Å². The molecule has 2 aliphatic rings. The number of ether oxygens (including phenoxy) is 1. The van der Waals surface area contributed by atoms with E-state index in [2.05, 4.69) is 20.9 Å². The molecule has 4 rings (SSSR count). The zero-order chi connectivity index (χ0) is 18.3. The monoisotopic (exact) mass is 357 g/mol. The summed E-state index contributed by atoms with van der Waals surface area (Å²) in [7, 11) is 4.09. The van der Waals surface area contributed by atoms with Gasteiger partial charge in [0.1, 0.15) is 23.3 Å². The first kappa shape index (κ1) is 17.4. The van der Waals surface area contributed by atoms with Crippen LogP contribution in [-0.4, -0.2) is 64.0 Å². The Morgan fingerprint density at radius 2 is 2.15 bits per heavy atom. The molecule has 0 amide bonds. The maximum atomic E-state index is 9.87. The summed E-state index contributed by atoms with van der Waals surface area (Å²) < 4.78 is 11.6. The summed E-state index contributed by atoms with van der Waals surface area (Å²) in [4.78, 5) is 11.1. The molecule has 3 heterocycles. The smallest absolute Gasteiger partial charge is 0.245 e. The number of aromatic nitrogens is 2. The summed E-state index contributed by atoms with van der Waals surface area (Å²) in [6.07, 6.45) is 5.64. The topological polar surface area (TPSA) is 91.9 Å². The van der Waals surface area contributed by atoms with Gasteiger partial charge in [0.05, 0.1) is 18.8 Å². The third-order valence-electron chi connectivity index (χ3n) is 5.04. The van der Waals surface area contributed by atoms with Crippen molar-refractivity contribution in [3.8, 4) is 11.6 Å². The molecule has 1 aliphatic carbocycles. The average molecular weight is 357 g/mol. The minimum Gasteiger partial charge on any atom is -0.439 e. The van der Waals surface area contributed by atoms with E-state index in [4.69, 9.17) is 9.15 Å². The number of likely N-dealkylation sites (N-methyl/N-ethyl adjacent to an activating group) is 1. The molecule has 1 saturated heterocycles. The fourth-order valence-corrected chi connectivity index (χ4v) is 3.39. The van der Waals surface area contributed by atoms with Gasteiger partial charge in [-0.3, -0.25) is 4.98 Å². The van der Waals surface area contributed by atoms with Crippen LogP contribution in [0.3, 0.4) is 0 Å². The van der Waals surface area contributed by atoms with Crippen LogP contribution in [0.1, 0.15) is 29.5 Å². The summed E-state index contributed by atoms with van der Waals surface area (Å²) in [6, 6.07) is 4.06. The maximum Gasteiger partial charge on any atom is 0.245 e. The minimum absolute atomic E-state index is 0.188. The van der Waals surface area contributed by atoms with Crippen molar-refractivity contribution in [3.63, 3.8) is 0 Å². The molecule has 138 valence electrons. The first-order chi connectivity index (χ1) is 12.5. The zero-order valence-electron chi connectivity index (χ0n) is 14.9. The van der Waals surface area contributed by atoms with E-state index in [0.717, 1.165) is 23.4 Å². The lowest BCUT2D eigenvalue weighted by atomic mass is 10.0. The van der Waals surface area contributed by atoms with Gasteiger partial charge >= 0.3 is 0 Å². The Kier molecular flexibility index (Phi) is 4.62. The molecule has 7 nitrogen and oxygen atoms in total. The average Bonchev–Trinajstić information content (AvgIpc) is 3.24. The third-order valence-corrected chi connectivity index (χ3v) is 5.04. The highest BCUT2D eigenvalue weighted by atomic mass is 16.5. The number of pyridine rings is 1. The lowest BCUT2D eigenvalue weighted by Crippen LogP contribution is -2.29. The molecule has 2 aromatic heterocycles. The second-order valence-electron chi connectivity index (χ2n) is 7.05. The van der Waals surface area contributed by atoms with Crippen molar-refractivity contribution in [2.75, 3.05) is 20.7 Å². The number of aliphatic hydroxyl groups excluding tert-OH is 2. The highest BCUT2D eigenvalue weighted by molar-refractivity contribution is 5.57. The second kappa shape index (κ2) is 6.92. The molecule has 2 aromatic rings. The Morgan fingerprint density at radius 1 is 1.31 bits per heavy atom. The number of hydrogen-bond acceptors (Lipinski definition) is 7. The SMILES string of the molecule is CN(C)C1C=Cc2nc(-c3ccc([C@H]4CC(O)[C@@H](CO)O4)cn3)oc2C1. The van der Waals surface area contributed by atoms with Gasteiger partial charge in [0, 0.05) is 25.1 Å². The van der Waals surface area contributed by atoms with Gasteiger partial charge in [0.25, 0.3) is 0 Å². The Morgan fingerprint density at radius 3 is 2.81 bits per heavy atom. The van der Waals surface area contributed by atoms with Crippen molar-refractivity contribution in [3.05, 3.63) is 41.4 Å². The van der Waals surface area contributed by atoms with E-state index in [1.54, 1.807) is 6.20 Å². The number of fused-ring (bicyclic) bond motifs is 1. The number of nitrogens with zero attached hydrogens (tertiary/aromatic N) is 3. The Labute approximate surface area is 151 Å². The Bertz CT molecular complexity index is 800. The highest BCUT2D eigenvalue weighted by Gasteiger charge is 2.34. The minimum atomic E-state index is -0.653. The van der Waals surface area contributed by atoms with Crippen LogP contribution in [-0.2, 0) is 11.2 Å². The van der Waals surface area contributed by atoms with Crippen LogP contribution in [0.4, 0.5) is 0 Å². The molecular weight excluding hydrogens is 334 g/mol. The predicted octanol–water partition coefficient (Wildman–Crippen LogP) is 1.42. The second-order valence-corrected chi connectivity index (χ2v) is 7.05. The molecule has 0 aromatic carbocycles. The van der Waals surface area contributed by atoms with Gasteiger partial charge in [-0.2, -0.15) is 0 Å². The number of hydrogen-bond donors (Lipinski definition) is 2. The van der Waals surface area contributed by atoms with Crippen molar-refractivity contribution in [2.45, 2.75) is 37.2 Å². The predicted molar refractivity (Wildman–Crippen MR) is 95.3 cm³/mol. The van der Waals surface area contributed by atoms with Crippen molar-refractivity contribution in [1.29, 1.82) is 0 Å². The normalized spacial score (nSPS) is 27.9. The maximum absolute atomic E-state index is 9.87. The van der Waals surface area contributed by atoms with Gasteiger partial charge in [0.15, 0.2) is 0 Å². The van der Waals surface area contributed by atoms with Crippen LogP contribution in [0.25, 0.3) is 17.7 Å². The van der Waals surface area contributed by atoms with Gasteiger partial charge in [-0.05, 0) is 31.8 Å². The van der Waals surface area contributed by atoms with Crippen LogP contribution in [0, 0.1) is 0 Å². The van der Waals surface area contributed by atoms with Crippen LogP contribution in [0.2, 0.25) is 0 Å². The number of aliphatic hydroxyl groups is 2. The molecular formula is C19H23N3O4. The highest BCUT2D eigenvalue weighted by Crippen LogP contribution is 2.33. The molecule has 4 atom stereocenters. The summed E-state index contributed by atoms with van der Waals surface area (Å²) in [5, 5.41) is 19.1. The van der Waals surface area contributed by atoms with E-state index < -0.39 is 12.2 Å². The molecule has 2 N–H and O–H groups in total. The van der Waals surface area contributed by atoms with Crippen molar-refractivity contribution in [2.24, 2.45) is 0 Å². The zero-order valence-corrected chi connectivity index (χ0v) is 14.9. The lowest BCUT2D eigenvalue weighted by molar-refractivity contribution is -0.0226. The van der Waals surface area contributed by atoms with E-state index in [0.29, 0.717) is 24.0 Å². The fraction of sp³-hybridized carbons (Fsp3) is 0.474. The molecule has 1 aliphatic heterocycles. The van der Waals surface area contributed by atoms with E-state index >= 15 is 0 Å². The number of oxazole rings is 1. The van der Waals surface area contributed by atoms with Gasteiger partial charge in [-0.1, -0.05) is 12.1 Å². The third kappa shape index (κ3) is 3.19. The van der Waals surface area contributed by atoms with Crippen LogP contribution in [0.5, 0.6) is 0 Å². The summed E-state index contributed by atoms with van der Waals surface area (Å²) >= 11 is 0. The largest absolute Gasteiger partial charge is 0.439 e. The molecule has 0 saturated carbocycles. The Hall–Kier alpha value is -2.06. The van der Waals surface area contributed by atoms with Gasteiger partial charge in [-0.15, -0.1) is 0 Å². The van der Waals surface area contributed by atoms with Crippen LogP contribution < -0.4 is 0 Å². The van der Waals surface area contributed by atoms with Gasteiger partial charge in [0.2, 0.25) is 5.89 Å². The van der Waals surface area contributed by atoms with E-state index in [-0.39, 0.29) is 12.7 Å². The molecule has 0 radical (unpaired) electrons. The van der Waals surface area contributed by atoms with Crippen molar-refractivity contribution < 1.29 is 19.4 Å². The molecule has 2 unspecified atom stereocenters. The lowest BCUT2D eigenvalue weighted by Gasteiger charge is -2.22. The van der Waals surface area contributed by atoms with Crippen LogP contribution in [0.15, 0.2) is 28.8 Å². The Balaban J connectivity index is 1.51. The first-order valence-corrected chi connectivity index (χ1v) is 8.80. The fourth-order valence-electron chi connectivity index (χ4n) is 3.39. The quantitative estimate of drug-likeness (QED) is 0.855. The first-order valence-electron chi connectivity index (χ1n) is 8.80. The molecule has 7 heteroatoms. The molecule has 1 fully saturated rings.